The highest BCUT2D eigenvalue weighted by molar-refractivity contribution is 5.93. The van der Waals surface area contributed by atoms with Gasteiger partial charge in [-0.2, -0.15) is 0 Å². The summed E-state index contributed by atoms with van der Waals surface area (Å²) in [5.74, 6) is 0.886. The second kappa shape index (κ2) is 6.71. The van der Waals surface area contributed by atoms with Gasteiger partial charge in [0.05, 0.1) is 16.9 Å². The maximum Gasteiger partial charge on any atom is 0.150 e. The fraction of sp³-hybridized carbons (Fsp3) is 0.333. The van der Waals surface area contributed by atoms with Gasteiger partial charge >= 0.3 is 0 Å². The van der Waals surface area contributed by atoms with E-state index in [4.69, 9.17) is 4.98 Å². The van der Waals surface area contributed by atoms with Gasteiger partial charge in [-0.05, 0) is 23.6 Å². The number of benzene rings is 1. The molecule has 1 N–H and O–H groups in total. The zero-order valence-corrected chi connectivity index (χ0v) is 15.7. The van der Waals surface area contributed by atoms with Gasteiger partial charge in [-0.1, -0.05) is 45.0 Å². The molecule has 0 unspecified atom stereocenters. The summed E-state index contributed by atoms with van der Waals surface area (Å²) in [6, 6.07) is 14.5. The molecule has 3 aromatic rings. The minimum absolute atomic E-state index is 0.220. The molecule has 0 radical (unpaired) electrons. The molecule has 0 saturated heterocycles. The molecule has 3 rings (SSSR count). The number of pyridine rings is 2. The van der Waals surface area contributed by atoms with Crippen LogP contribution in [0.4, 0.5) is 11.5 Å². The lowest BCUT2D eigenvalue weighted by Crippen LogP contribution is -2.29. The predicted molar refractivity (Wildman–Crippen MR) is 107 cm³/mol. The molecule has 0 saturated carbocycles. The first-order valence-electron chi connectivity index (χ1n) is 8.63. The summed E-state index contributed by atoms with van der Waals surface area (Å²) in [5.41, 5.74) is 4.30. The summed E-state index contributed by atoms with van der Waals surface area (Å²) >= 11 is 0. The third-order valence-electron chi connectivity index (χ3n) is 4.14. The van der Waals surface area contributed by atoms with Crippen LogP contribution in [0.2, 0.25) is 0 Å². The normalized spacial score (nSPS) is 11.6. The number of para-hydroxylation sites is 1. The Morgan fingerprint density at radius 2 is 1.80 bits per heavy atom. The van der Waals surface area contributed by atoms with Crippen molar-refractivity contribution in [3.05, 3.63) is 48.7 Å². The molecular weight excluding hydrogens is 308 g/mol. The van der Waals surface area contributed by atoms with Crippen molar-refractivity contribution < 1.29 is 0 Å². The topological polar surface area (TPSA) is 41.1 Å². The largest absolute Gasteiger partial charge is 0.371 e. The van der Waals surface area contributed by atoms with Crippen molar-refractivity contribution in [3.8, 4) is 11.3 Å². The van der Waals surface area contributed by atoms with Crippen LogP contribution in [0.15, 0.2) is 48.7 Å². The van der Waals surface area contributed by atoms with Gasteiger partial charge in [-0.25, -0.2) is 4.98 Å². The van der Waals surface area contributed by atoms with Crippen LogP contribution < -0.4 is 10.2 Å². The maximum absolute atomic E-state index is 4.87. The molecule has 0 amide bonds. The average Bonchev–Trinajstić information content (AvgIpc) is 2.59. The van der Waals surface area contributed by atoms with Crippen LogP contribution in [0.3, 0.4) is 0 Å². The molecule has 0 aliphatic rings. The van der Waals surface area contributed by atoms with Crippen molar-refractivity contribution >= 4 is 22.4 Å². The first-order chi connectivity index (χ1) is 11.9. The van der Waals surface area contributed by atoms with Crippen molar-refractivity contribution in [1.82, 2.24) is 9.97 Å². The predicted octanol–water partition coefficient (Wildman–Crippen LogP) is 4.82. The van der Waals surface area contributed by atoms with E-state index >= 15 is 0 Å². The minimum Gasteiger partial charge on any atom is -0.371 e. The number of nitrogens with zero attached hydrogens (tertiary/aromatic N) is 3. The summed E-state index contributed by atoms with van der Waals surface area (Å²) in [7, 11) is 4.03. The van der Waals surface area contributed by atoms with Crippen LogP contribution in [-0.4, -0.2) is 30.6 Å². The van der Waals surface area contributed by atoms with E-state index in [-0.39, 0.29) is 5.41 Å². The van der Waals surface area contributed by atoms with Crippen molar-refractivity contribution in [2.24, 2.45) is 5.41 Å². The van der Waals surface area contributed by atoms with Crippen molar-refractivity contribution in [2.75, 3.05) is 30.9 Å². The number of fused-ring (bicyclic) bond motifs is 1. The standard InChI is InChI=1S/C21H26N4/c1-21(2,3)14-25(5)18-12-11-17(24-20(18)22-4)16-10-6-8-15-9-7-13-23-19(15)16/h6-13H,14H2,1-5H3,(H,22,24). The van der Waals surface area contributed by atoms with Crippen molar-refractivity contribution in [3.63, 3.8) is 0 Å². The number of hydrogen-bond donors (Lipinski definition) is 1. The van der Waals surface area contributed by atoms with Gasteiger partial charge in [0.2, 0.25) is 0 Å². The highest BCUT2D eigenvalue weighted by atomic mass is 15.1. The third kappa shape index (κ3) is 3.73. The SMILES string of the molecule is CNc1nc(-c2cccc3cccnc23)ccc1N(C)CC(C)(C)C. The molecule has 0 bridgehead atoms. The smallest absolute Gasteiger partial charge is 0.150 e. The summed E-state index contributed by atoms with van der Waals surface area (Å²) in [6.07, 6.45) is 1.83. The molecule has 130 valence electrons. The zero-order chi connectivity index (χ0) is 18.0. The van der Waals surface area contributed by atoms with Crippen LogP contribution in [0.5, 0.6) is 0 Å². The molecular formula is C21H26N4. The van der Waals surface area contributed by atoms with E-state index in [2.05, 4.69) is 79.4 Å². The number of rotatable bonds is 4. The lowest BCUT2D eigenvalue weighted by atomic mass is 9.96. The Balaban J connectivity index is 2.04. The summed E-state index contributed by atoms with van der Waals surface area (Å²) < 4.78 is 0. The minimum atomic E-state index is 0.220. The van der Waals surface area contributed by atoms with E-state index in [1.807, 2.05) is 19.3 Å². The third-order valence-corrected chi connectivity index (χ3v) is 4.14. The van der Waals surface area contributed by atoms with E-state index in [9.17, 15) is 0 Å². The Bertz CT molecular complexity index is 875. The zero-order valence-electron chi connectivity index (χ0n) is 15.7. The summed E-state index contributed by atoms with van der Waals surface area (Å²) in [6.45, 7) is 7.68. The summed E-state index contributed by atoms with van der Waals surface area (Å²) in [4.78, 5) is 11.7. The van der Waals surface area contributed by atoms with Crippen LogP contribution in [0, 0.1) is 5.41 Å². The van der Waals surface area contributed by atoms with Crippen LogP contribution >= 0.6 is 0 Å². The number of anilines is 2. The van der Waals surface area contributed by atoms with E-state index in [0.29, 0.717) is 0 Å². The van der Waals surface area contributed by atoms with E-state index < -0.39 is 0 Å². The Hall–Kier alpha value is -2.62. The van der Waals surface area contributed by atoms with Gasteiger partial charge < -0.3 is 10.2 Å². The second-order valence-corrected chi connectivity index (χ2v) is 7.61. The molecule has 4 heteroatoms. The van der Waals surface area contributed by atoms with E-state index in [1.165, 1.54) is 0 Å². The fourth-order valence-corrected chi connectivity index (χ4v) is 3.20. The van der Waals surface area contributed by atoms with Gasteiger partial charge in [0.15, 0.2) is 0 Å². The molecule has 0 aliphatic carbocycles. The highest BCUT2D eigenvalue weighted by Crippen LogP contribution is 2.31. The molecule has 0 atom stereocenters. The number of hydrogen-bond acceptors (Lipinski definition) is 4. The Morgan fingerprint density at radius 3 is 2.52 bits per heavy atom. The molecule has 0 aliphatic heterocycles. The molecule has 0 spiro atoms. The van der Waals surface area contributed by atoms with Crippen LogP contribution in [0.1, 0.15) is 20.8 Å². The lowest BCUT2D eigenvalue weighted by Gasteiger charge is -2.29. The second-order valence-electron chi connectivity index (χ2n) is 7.61. The first-order valence-corrected chi connectivity index (χ1v) is 8.63. The van der Waals surface area contributed by atoms with Crippen LogP contribution in [0.25, 0.3) is 22.2 Å². The van der Waals surface area contributed by atoms with Gasteiger partial charge in [-0.15, -0.1) is 0 Å². The lowest BCUT2D eigenvalue weighted by molar-refractivity contribution is 0.419. The Morgan fingerprint density at radius 1 is 1.04 bits per heavy atom. The Labute approximate surface area is 149 Å². The molecule has 2 aromatic heterocycles. The molecule has 25 heavy (non-hydrogen) atoms. The monoisotopic (exact) mass is 334 g/mol. The van der Waals surface area contributed by atoms with E-state index in [1.54, 1.807) is 0 Å². The van der Waals surface area contributed by atoms with Gasteiger partial charge in [0.25, 0.3) is 0 Å². The molecule has 4 nitrogen and oxygen atoms in total. The van der Waals surface area contributed by atoms with Gasteiger partial charge in [0, 0.05) is 37.8 Å². The highest BCUT2D eigenvalue weighted by Gasteiger charge is 2.17. The first kappa shape index (κ1) is 17.2. The van der Waals surface area contributed by atoms with Gasteiger partial charge in [0.1, 0.15) is 5.82 Å². The fourth-order valence-electron chi connectivity index (χ4n) is 3.20. The molecule has 1 aromatic carbocycles. The molecule has 0 fully saturated rings. The quantitative estimate of drug-likeness (QED) is 0.742. The number of aromatic nitrogens is 2. The van der Waals surface area contributed by atoms with Crippen molar-refractivity contribution in [1.29, 1.82) is 0 Å². The molecule has 2 heterocycles. The van der Waals surface area contributed by atoms with Gasteiger partial charge in [-0.3, -0.25) is 4.98 Å². The van der Waals surface area contributed by atoms with E-state index in [0.717, 1.165) is 40.2 Å². The number of nitrogens with one attached hydrogen (secondary N) is 1. The summed E-state index contributed by atoms with van der Waals surface area (Å²) in [5, 5.41) is 4.37. The average molecular weight is 334 g/mol. The van der Waals surface area contributed by atoms with Crippen molar-refractivity contribution in [2.45, 2.75) is 20.8 Å². The van der Waals surface area contributed by atoms with Crippen LogP contribution in [-0.2, 0) is 0 Å². The maximum atomic E-state index is 4.87. The Kier molecular flexibility index (Phi) is 4.62.